The lowest BCUT2D eigenvalue weighted by Crippen LogP contribution is -2.53. The molecule has 0 unspecified atom stereocenters. The largest absolute Gasteiger partial charge is 0.391 e. The maximum atomic E-state index is 12.3. The minimum atomic E-state index is -0.185. The molecule has 1 N–H and O–H groups in total. The summed E-state index contributed by atoms with van der Waals surface area (Å²) in [6, 6.07) is 0.299. The first kappa shape index (κ1) is 17.4. The fourth-order valence-electron chi connectivity index (χ4n) is 3.73. The molecule has 1 amide bonds. The van der Waals surface area contributed by atoms with Gasteiger partial charge in [-0.15, -0.1) is 0 Å². The minimum Gasteiger partial charge on any atom is -0.391 e. The van der Waals surface area contributed by atoms with E-state index in [-0.39, 0.29) is 12.0 Å². The van der Waals surface area contributed by atoms with Gasteiger partial charge in [0, 0.05) is 51.5 Å². The van der Waals surface area contributed by atoms with Gasteiger partial charge in [-0.05, 0) is 25.7 Å². The number of amides is 1. The Morgan fingerprint density at radius 1 is 1.29 bits per heavy atom. The molecular formula is C17H28N4O3. The molecule has 3 rings (SSSR count). The van der Waals surface area contributed by atoms with E-state index in [1.54, 1.807) is 0 Å². The topological polar surface area (TPSA) is 82.7 Å². The first-order valence-electron chi connectivity index (χ1n) is 9.18. The number of nitrogens with zero attached hydrogens (tertiary/aromatic N) is 4. The molecule has 134 valence electrons. The van der Waals surface area contributed by atoms with E-state index in [1.807, 2.05) is 11.8 Å². The summed E-state index contributed by atoms with van der Waals surface area (Å²) in [4.78, 5) is 20.9. The number of hydrogen-bond acceptors (Lipinski definition) is 6. The van der Waals surface area contributed by atoms with Crippen molar-refractivity contribution >= 4 is 5.91 Å². The fourth-order valence-corrected chi connectivity index (χ4v) is 3.73. The van der Waals surface area contributed by atoms with Gasteiger partial charge in [-0.1, -0.05) is 12.1 Å². The van der Waals surface area contributed by atoms with Gasteiger partial charge >= 0.3 is 0 Å². The summed E-state index contributed by atoms with van der Waals surface area (Å²) in [5, 5.41) is 13.9. The third kappa shape index (κ3) is 4.13. The zero-order valence-corrected chi connectivity index (χ0v) is 14.5. The third-order valence-corrected chi connectivity index (χ3v) is 5.19. The molecule has 2 heterocycles. The molecule has 1 aliphatic carbocycles. The normalized spacial score (nSPS) is 25.3. The number of piperazine rings is 1. The van der Waals surface area contributed by atoms with Gasteiger partial charge in [-0.25, -0.2) is 0 Å². The third-order valence-electron chi connectivity index (χ3n) is 5.19. The molecule has 24 heavy (non-hydrogen) atoms. The van der Waals surface area contributed by atoms with Crippen molar-refractivity contribution in [3.63, 3.8) is 0 Å². The standard InChI is InChI=1S/C17H28N4O3/c1-2-15-18-16(24-19-15)7-4-8-17(23)21-11-9-20(10-12-21)13-5-3-6-14(13)22/h13-14,22H,2-12H2,1H3/t13-,14-/m1/s1. The summed E-state index contributed by atoms with van der Waals surface area (Å²) in [7, 11) is 0. The summed E-state index contributed by atoms with van der Waals surface area (Å²) < 4.78 is 5.15. The molecule has 1 aromatic rings. The van der Waals surface area contributed by atoms with E-state index >= 15 is 0 Å². The highest BCUT2D eigenvalue weighted by atomic mass is 16.5. The number of aliphatic hydroxyl groups is 1. The van der Waals surface area contributed by atoms with E-state index in [0.29, 0.717) is 24.8 Å². The zero-order valence-electron chi connectivity index (χ0n) is 14.5. The van der Waals surface area contributed by atoms with Crippen molar-refractivity contribution in [3.8, 4) is 0 Å². The Kier molecular flexibility index (Phi) is 5.84. The van der Waals surface area contributed by atoms with Crippen molar-refractivity contribution in [1.29, 1.82) is 0 Å². The molecule has 1 saturated heterocycles. The molecule has 2 atom stereocenters. The molecule has 7 nitrogen and oxygen atoms in total. The van der Waals surface area contributed by atoms with Crippen LogP contribution in [0.2, 0.25) is 0 Å². The zero-order chi connectivity index (χ0) is 16.9. The predicted octanol–water partition coefficient (Wildman–Crippen LogP) is 1.01. The van der Waals surface area contributed by atoms with Gasteiger partial charge in [0.1, 0.15) is 0 Å². The maximum Gasteiger partial charge on any atom is 0.226 e. The molecule has 1 aliphatic heterocycles. The number of aromatic nitrogens is 2. The molecular weight excluding hydrogens is 308 g/mol. The first-order chi connectivity index (χ1) is 11.7. The van der Waals surface area contributed by atoms with E-state index in [2.05, 4.69) is 15.0 Å². The van der Waals surface area contributed by atoms with Crippen LogP contribution in [0, 0.1) is 0 Å². The summed E-state index contributed by atoms with van der Waals surface area (Å²) in [5.41, 5.74) is 0. The van der Waals surface area contributed by atoms with Crippen LogP contribution in [0.4, 0.5) is 0 Å². The summed E-state index contributed by atoms with van der Waals surface area (Å²) in [6.07, 6.45) is 5.62. The molecule has 1 saturated carbocycles. The van der Waals surface area contributed by atoms with Gasteiger partial charge in [0.05, 0.1) is 6.10 Å². The van der Waals surface area contributed by atoms with E-state index < -0.39 is 0 Å². The van der Waals surface area contributed by atoms with Crippen LogP contribution in [-0.4, -0.2) is 69.3 Å². The minimum absolute atomic E-state index is 0.185. The molecule has 1 aromatic heterocycles. The number of rotatable bonds is 6. The van der Waals surface area contributed by atoms with Crippen LogP contribution in [0.15, 0.2) is 4.52 Å². The van der Waals surface area contributed by atoms with Crippen molar-refractivity contribution in [3.05, 3.63) is 11.7 Å². The highest BCUT2D eigenvalue weighted by molar-refractivity contribution is 5.76. The van der Waals surface area contributed by atoms with Crippen LogP contribution in [0.25, 0.3) is 0 Å². The van der Waals surface area contributed by atoms with Gasteiger partial charge in [-0.2, -0.15) is 4.98 Å². The van der Waals surface area contributed by atoms with Gasteiger partial charge in [0.25, 0.3) is 0 Å². The van der Waals surface area contributed by atoms with Crippen molar-refractivity contribution in [2.45, 2.75) is 64.0 Å². The lowest BCUT2D eigenvalue weighted by atomic mass is 10.1. The van der Waals surface area contributed by atoms with E-state index in [0.717, 1.165) is 64.1 Å². The van der Waals surface area contributed by atoms with Crippen molar-refractivity contribution < 1.29 is 14.4 Å². The summed E-state index contributed by atoms with van der Waals surface area (Å²) in [6.45, 7) is 5.27. The Balaban J connectivity index is 1.37. The number of hydrogen-bond donors (Lipinski definition) is 1. The molecule has 2 aliphatic rings. The monoisotopic (exact) mass is 336 g/mol. The Morgan fingerprint density at radius 2 is 2.08 bits per heavy atom. The number of aliphatic hydroxyl groups excluding tert-OH is 1. The van der Waals surface area contributed by atoms with Crippen molar-refractivity contribution in [1.82, 2.24) is 19.9 Å². The molecule has 0 aromatic carbocycles. The predicted molar refractivity (Wildman–Crippen MR) is 88.4 cm³/mol. The number of carbonyl (C=O) groups excluding carboxylic acids is 1. The van der Waals surface area contributed by atoms with Crippen molar-refractivity contribution in [2.75, 3.05) is 26.2 Å². The van der Waals surface area contributed by atoms with Gasteiger partial charge < -0.3 is 14.5 Å². The lowest BCUT2D eigenvalue weighted by molar-refractivity contribution is -0.133. The average Bonchev–Trinajstić information content (AvgIpc) is 3.23. The second kappa shape index (κ2) is 8.07. The van der Waals surface area contributed by atoms with E-state index in [4.69, 9.17) is 4.52 Å². The maximum absolute atomic E-state index is 12.3. The Labute approximate surface area is 143 Å². The summed E-state index contributed by atoms with van der Waals surface area (Å²) in [5.74, 6) is 1.55. The van der Waals surface area contributed by atoms with Crippen LogP contribution in [-0.2, 0) is 17.6 Å². The van der Waals surface area contributed by atoms with E-state index in [9.17, 15) is 9.90 Å². The lowest BCUT2D eigenvalue weighted by Gasteiger charge is -2.39. The van der Waals surface area contributed by atoms with Crippen LogP contribution < -0.4 is 0 Å². The molecule has 0 bridgehead atoms. The smallest absolute Gasteiger partial charge is 0.226 e. The van der Waals surface area contributed by atoms with Gasteiger partial charge in [-0.3, -0.25) is 9.69 Å². The quantitative estimate of drug-likeness (QED) is 0.835. The highest BCUT2D eigenvalue weighted by Gasteiger charge is 2.33. The second-order valence-electron chi connectivity index (χ2n) is 6.79. The van der Waals surface area contributed by atoms with Crippen LogP contribution >= 0.6 is 0 Å². The SMILES string of the molecule is CCc1noc(CCCC(=O)N2CCN([C@@H]3CCC[C@H]3O)CC2)n1. The Bertz CT molecular complexity index is 540. The van der Waals surface area contributed by atoms with E-state index in [1.165, 1.54) is 0 Å². The first-order valence-corrected chi connectivity index (χ1v) is 9.18. The molecule has 7 heteroatoms. The van der Waals surface area contributed by atoms with Crippen LogP contribution in [0.1, 0.15) is 50.7 Å². The van der Waals surface area contributed by atoms with Gasteiger partial charge in [0.15, 0.2) is 5.82 Å². The Morgan fingerprint density at radius 3 is 2.71 bits per heavy atom. The van der Waals surface area contributed by atoms with Crippen LogP contribution in [0.3, 0.4) is 0 Å². The average molecular weight is 336 g/mol. The second-order valence-corrected chi connectivity index (χ2v) is 6.79. The van der Waals surface area contributed by atoms with Gasteiger partial charge in [0.2, 0.25) is 11.8 Å². The highest BCUT2D eigenvalue weighted by Crippen LogP contribution is 2.25. The van der Waals surface area contributed by atoms with Crippen LogP contribution in [0.5, 0.6) is 0 Å². The molecule has 2 fully saturated rings. The van der Waals surface area contributed by atoms with Crippen molar-refractivity contribution in [2.24, 2.45) is 0 Å². The molecule has 0 radical (unpaired) electrons. The molecule has 0 spiro atoms. The fraction of sp³-hybridized carbons (Fsp3) is 0.824. The number of aryl methyl sites for hydroxylation is 2. The summed E-state index contributed by atoms with van der Waals surface area (Å²) >= 11 is 0. The Hall–Kier alpha value is -1.47. The number of carbonyl (C=O) groups is 1.